The van der Waals surface area contributed by atoms with E-state index in [-0.39, 0.29) is 5.91 Å². The Balaban J connectivity index is 2.21. The molecule has 0 radical (unpaired) electrons. The van der Waals surface area contributed by atoms with Crippen LogP contribution in [0.2, 0.25) is 0 Å². The van der Waals surface area contributed by atoms with Crippen molar-refractivity contribution in [3.63, 3.8) is 0 Å². The zero-order chi connectivity index (χ0) is 17.5. The number of hydrogen-bond donors (Lipinski definition) is 1. The maximum absolute atomic E-state index is 13.0. The van der Waals surface area contributed by atoms with Crippen LogP contribution in [0.3, 0.4) is 0 Å². The van der Waals surface area contributed by atoms with E-state index in [1.807, 2.05) is 23.1 Å². The third-order valence-corrected chi connectivity index (χ3v) is 4.44. The molecule has 134 valence electrons. The molecular weight excluding hydrogens is 306 g/mol. The smallest absolute Gasteiger partial charge is 0.257 e. The molecule has 1 fully saturated rings. The molecule has 0 saturated carbocycles. The van der Waals surface area contributed by atoms with Crippen LogP contribution in [0.25, 0.3) is 0 Å². The minimum absolute atomic E-state index is 0.00296. The topological polar surface area (TPSA) is 68.0 Å². The molecule has 6 heteroatoms. The predicted octanol–water partition coefficient (Wildman–Crippen LogP) is 1.59. The summed E-state index contributed by atoms with van der Waals surface area (Å²) in [6, 6.07) is 5.85. The standard InChI is InChI=1S/C18H29N3O3/c1-20(2)14-7-5-11-21(13-14)18(22)15-8-4-9-16(23-3)17(15)24-12-6-10-19/h4,8-9,14H,5-7,10-13,19H2,1-3H3/t14-/m1/s1. The summed E-state index contributed by atoms with van der Waals surface area (Å²) in [7, 11) is 5.71. The number of para-hydroxylation sites is 1. The lowest BCUT2D eigenvalue weighted by atomic mass is 10.0. The third-order valence-electron chi connectivity index (χ3n) is 4.44. The van der Waals surface area contributed by atoms with Gasteiger partial charge in [0.2, 0.25) is 0 Å². The van der Waals surface area contributed by atoms with Gasteiger partial charge in [0, 0.05) is 19.1 Å². The lowest BCUT2D eigenvalue weighted by molar-refractivity contribution is 0.0630. The Kier molecular flexibility index (Phi) is 6.87. The summed E-state index contributed by atoms with van der Waals surface area (Å²) < 4.78 is 11.2. The number of ether oxygens (including phenoxy) is 2. The third kappa shape index (κ3) is 4.39. The Hall–Kier alpha value is -1.79. The minimum Gasteiger partial charge on any atom is -0.493 e. The average Bonchev–Trinajstić information content (AvgIpc) is 2.61. The van der Waals surface area contributed by atoms with E-state index in [2.05, 4.69) is 19.0 Å². The first kappa shape index (κ1) is 18.5. The first-order valence-electron chi connectivity index (χ1n) is 8.54. The second kappa shape index (κ2) is 8.89. The Morgan fingerprint density at radius 1 is 1.42 bits per heavy atom. The molecule has 1 aliphatic heterocycles. The minimum atomic E-state index is 0.00296. The monoisotopic (exact) mass is 335 g/mol. The van der Waals surface area contributed by atoms with E-state index in [1.54, 1.807) is 7.11 Å². The van der Waals surface area contributed by atoms with Crippen molar-refractivity contribution < 1.29 is 14.3 Å². The summed E-state index contributed by atoms with van der Waals surface area (Å²) in [6.07, 6.45) is 2.87. The summed E-state index contributed by atoms with van der Waals surface area (Å²) in [5, 5.41) is 0. The number of piperidine rings is 1. The fourth-order valence-electron chi connectivity index (χ4n) is 2.98. The van der Waals surface area contributed by atoms with Crippen molar-refractivity contribution in [3.05, 3.63) is 23.8 Å². The van der Waals surface area contributed by atoms with Crippen molar-refractivity contribution in [2.45, 2.75) is 25.3 Å². The molecule has 6 nitrogen and oxygen atoms in total. The SMILES string of the molecule is COc1cccc(C(=O)N2CCC[C@@H](N(C)C)C2)c1OCCCN. The fraction of sp³-hybridized carbons (Fsp3) is 0.611. The Labute approximate surface area is 144 Å². The van der Waals surface area contributed by atoms with E-state index in [0.29, 0.717) is 36.3 Å². The highest BCUT2D eigenvalue weighted by atomic mass is 16.5. The van der Waals surface area contributed by atoms with Gasteiger partial charge in [-0.1, -0.05) is 6.07 Å². The zero-order valence-electron chi connectivity index (χ0n) is 15.0. The summed E-state index contributed by atoms with van der Waals surface area (Å²) >= 11 is 0. The lowest BCUT2D eigenvalue weighted by Crippen LogP contribution is -2.47. The number of rotatable bonds is 7. The normalized spacial score (nSPS) is 17.9. The van der Waals surface area contributed by atoms with Crippen LogP contribution in [0.4, 0.5) is 0 Å². The number of nitrogens with two attached hydrogens (primary N) is 1. The van der Waals surface area contributed by atoms with Crippen molar-refractivity contribution in [3.8, 4) is 11.5 Å². The number of methoxy groups -OCH3 is 1. The van der Waals surface area contributed by atoms with Gasteiger partial charge in [0.25, 0.3) is 5.91 Å². The van der Waals surface area contributed by atoms with Crippen LogP contribution in [0.15, 0.2) is 18.2 Å². The lowest BCUT2D eigenvalue weighted by Gasteiger charge is -2.36. The Morgan fingerprint density at radius 3 is 2.88 bits per heavy atom. The van der Waals surface area contributed by atoms with Crippen molar-refractivity contribution in [2.75, 3.05) is 47.4 Å². The van der Waals surface area contributed by atoms with Gasteiger partial charge in [0.1, 0.15) is 0 Å². The van der Waals surface area contributed by atoms with E-state index in [1.165, 1.54) is 0 Å². The predicted molar refractivity (Wildman–Crippen MR) is 94.8 cm³/mol. The van der Waals surface area contributed by atoms with Gasteiger partial charge in [-0.3, -0.25) is 4.79 Å². The van der Waals surface area contributed by atoms with Crippen LogP contribution in [0.5, 0.6) is 11.5 Å². The number of carbonyl (C=O) groups is 1. The summed E-state index contributed by atoms with van der Waals surface area (Å²) in [5.74, 6) is 1.10. The molecule has 0 aliphatic carbocycles. The van der Waals surface area contributed by atoms with E-state index >= 15 is 0 Å². The van der Waals surface area contributed by atoms with Crippen LogP contribution < -0.4 is 15.2 Å². The second-order valence-electron chi connectivity index (χ2n) is 6.34. The molecule has 2 rings (SSSR count). The summed E-state index contributed by atoms with van der Waals surface area (Å²) in [4.78, 5) is 17.1. The van der Waals surface area contributed by atoms with E-state index in [0.717, 1.165) is 32.4 Å². The molecule has 0 bridgehead atoms. The average molecular weight is 335 g/mol. The molecule has 1 aliphatic rings. The highest BCUT2D eigenvalue weighted by Crippen LogP contribution is 2.32. The molecule has 0 aromatic heterocycles. The van der Waals surface area contributed by atoms with Crippen molar-refractivity contribution in [2.24, 2.45) is 5.73 Å². The van der Waals surface area contributed by atoms with Gasteiger partial charge in [0.15, 0.2) is 11.5 Å². The van der Waals surface area contributed by atoms with Crippen molar-refractivity contribution in [1.82, 2.24) is 9.80 Å². The first-order chi connectivity index (χ1) is 11.6. The van der Waals surface area contributed by atoms with E-state index < -0.39 is 0 Å². The summed E-state index contributed by atoms with van der Waals surface area (Å²) in [6.45, 7) is 2.54. The van der Waals surface area contributed by atoms with Gasteiger partial charge < -0.3 is 25.0 Å². The van der Waals surface area contributed by atoms with Gasteiger partial charge in [-0.05, 0) is 52.0 Å². The number of benzene rings is 1. The summed E-state index contributed by atoms with van der Waals surface area (Å²) in [5.41, 5.74) is 6.09. The largest absolute Gasteiger partial charge is 0.493 e. The molecule has 2 N–H and O–H groups in total. The van der Waals surface area contributed by atoms with Crippen LogP contribution in [0.1, 0.15) is 29.6 Å². The quantitative estimate of drug-likeness (QED) is 0.767. The number of likely N-dealkylation sites (N-methyl/N-ethyl adjacent to an activating group) is 1. The van der Waals surface area contributed by atoms with Gasteiger partial charge in [-0.15, -0.1) is 0 Å². The van der Waals surface area contributed by atoms with Crippen LogP contribution in [-0.2, 0) is 0 Å². The molecule has 0 spiro atoms. The molecule has 1 saturated heterocycles. The highest BCUT2D eigenvalue weighted by Gasteiger charge is 2.28. The number of nitrogens with zero attached hydrogens (tertiary/aromatic N) is 2. The Bertz CT molecular complexity index is 548. The second-order valence-corrected chi connectivity index (χ2v) is 6.34. The van der Waals surface area contributed by atoms with Gasteiger partial charge in [-0.25, -0.2) is 0 Å². The van der Waals surface area contributed by atoms with Gasteiger partial charge in [0.05, 0.1) is 19.3 Å². The molecule has 1 aromatic carbocycles. The fourth-order valence-corrected chi connectivity index (χ4v) is 2.98. The molecule has 1 aromatic rings. The van der Waals surface area contributed by atoms with Crippen LogP contribution >= 0.6 is 0 Å². The molecule has 0 unspecified atom stereocenters. The van der Waals surface area contributed by atoms with Crippen molar-refractivity contribution >= 4 is 5.91 Å². The zero-order valence-corrected chi connectivity index (χ0v) is 15.0. The maximum atomic E-state index is 13.0. The highest BCUT2D eigenvalue weighted by molar-refractivity contribution is 5.98. The van der Waals surface area contributed by atoms with E-state index in [9.17, 15) is 4.79 Å². The molecule has 1 amide bonds. The number of likely N-dealkylation sites (tertiary alicyclic amines) is 1. The van der Waals surface area contributed by atoms with Gasteiger partial charge >= 0.3 is 0 Å². The first-order valence-corrected chi connectivity index (χ1v) is 8.54. The maximum Gasteiger partial charge on any atom is 0.257 e. The number of hydrogen-bond acceptors (Lipinski definition) is 5. The van der Waals surface area contributed by atoms with Crippen LogP contribution in [0, 0.1) is 0 Å². The molecule has 1 heterocycles. The molecule has 24 heavy (non-hydrogen) atoms. The Morgan fingerprint density at radius 2 is 2.21 bits per heavy atom. The molecular formula is C18H29N3O3. The van der Waals surface area contributed by atoms with Gasteiger partial charge in [-0.2, -0.15) is 0 Å². The number of carbonyl (C=O) groups excluding carboxylic acids is 1. The van der Waals surface area contributed by atoms with Crippen LogP contribution in [-0.4, -0.2) is 69.2 Å². The number of amides is 1. The van der Waals surface area contributed by atoms with E-state index in [4.69, 9.17) is 15.2 Å². The van der Waals surface area contributed by atoms with Crippen molar-refractivity contribution in [1.29, 1.82) is 0 Å². The molecule has 1 atom stereocenters.